The monoisotopic (exact) mass is 372 g/mol. The van der Waals surface area contributed by atoms with Gasteiger partial charge in [0.25, 0.3) is 0 Å². The van der Waals surface area contributed by atoms with Crippen LogP contribution in [0.5, 0.6) is 0 Å². The van der Waals surface area contributed by atoms with Crippen LogP contribution in [-0.4, -0.2) is 9.97 Å². The SMILES string of the molecule is Cc1cccc(-c2nc(-c3ccccc3)cc(-c3cccc4ccccc34)n2)c1. The smallest absolute Gasteiger partial charge is 0.160 e. The Hall–Kier alpha value is -3.78. The van der Waals surface area contributed by atoms with Crippen LogP contribution in [0.4, 0.5) is 0 Å². The lowest BCUT2D eigenvalue weighted by atomic mass is 10.0. The molecule has 0 amide bonds. The van der Waals surface area contributed by atoms with Crippen LogP contribution in [0.2, 0.25) is 0 Å². The molecule has 1 aromatic heterocycles. The van der Waals surface area contributed by atoms with Gasteiger partial charge in [-0.25, -0.2) is 9.97 Å². The zero-order chi connectivity index (χ0) is 19.6. The lowest BCUT2D eigenvalue weighted by Crippen LogP contribution is -1.96. The summed E-state index contributed by atoms with van der Waals surface area (Å²) in [6.45, 7) is 2.09. The predicted molar refractivity (Wildman–Crippen MR) is 121 cm³/mol. The average Bonchev–Trinajstić information content (AvgIpc) is 2.79. The van der Waals surface area contributed by atoms with E-state index in [1.807, 2.05) is 18.2 Å². The molecule has 0 atom stereocenters. The lowest BCUT2D eigenvalue weighted by Gasteiger charge is -2.11. The van der Waals surface area contributed by atoms with Gasteiger partial charge in [0.2, 0.25) is 0 Å². The van der Waals surface area contributed by atoms with E-state index in [1.165, 1.54) is 16.3 Å². The Bertz CT molecular complexity index is 1300. The summed E-state index contributed by atoms with van der Waals surface area (Å²) in [6.07, 6.45) is 0. The largest absolute Gasteiger partial charge is 0.228 e. The van der Waals surface area contributed by atoms with E-state index < -0.39 is 0 Å². The molecule has 0 saturated carbocycles. The highest BCUT2D eigenvalue weighted by molar-refractivity contribution is 5.96. The molecule has 1 heterocycles. The molecule has 0 spiro atoms. The molecule has 0 N–H and O–H groups in total. The summed E-state index contributed by atoms with van der Waals surface area (Å²) in [6, 6.07) is 35.6. The second-order valence-corrected chi connectivity index (χ2v) is 7.22. The molecular formula is C27H20N2. The van der Waals surface area contributed by atoms with Crippen molar-refractivity contribution in [1.29, 1.82) is 0 Å². The minimum absolute atomic E-state index is 0.748. The van der Waals surface area contributed by atoms with Gasteiger partial charge in [-0.2, -0.15) is 0 Å². The van der Waals surface area contributed by atoms with E-state index in [-0.39, 0.29) is 0 Å². The third-order valence-electron chi connectivity index (χ3n) is 5.14. The van der Waals surface area contributed by atoms with Crippen molar-refractivity contribution in [3.05, 3.63) is 109 Å². The van der Waals surface area contributed by atoms with Gasteiger partial charge >= 0.3 is 0 Å². The van der Waals surface area contributed by atoms with Gasteiger partial charge in [0.15, 0.2) is 5.82 Å². The molecule has 29 heavy (non-hydrogen) atoms. The lowest BCUT2D eigenvalue weighted by molar-refractivity contribution is 1.18. The van der Waals surface area contributed by atoms with E-state index in [0.717, 1.165) is 33.9 Å². The van der Waals surface area contributed by atoms with E-state index >= 15 is 0 Å². The maximum absolute atomic E-state index is 4.98. The third-order valence-corrected chi connectivity index (χ3v) is 5.14. The van der Waals surface area contributed by atoms with Crippen LogP contribution in [-0.2, 0) is 0 Å². The van der Waals surface area contributed by atoms with Crippen molar-refractivity contribution in [3.8, 4) is 33.9 Å². The van der Waals surface area contributed by atoms with Crippen molar-refractivity contribution in [2.24, 2.45) is 0 Å². The highest BCUT2D eigenvalue weighted by Crippen LogP contribution is 2.31. The summed E-state index contributed by atoms with van der Waals surface area (Å²) in [5.41, 5.74) is 6.31. The molecule has 0 unspecified atom stereocenters. The van der Waals surface area contributed by atoms with Crippen LogP contribution in [0.3, 0.4) is 0 Å². The molecule has 4 aromatic carbocycles. The average molecular weight is 372 g/mol. The molecule has 0 saturated heterocycles. The van der Waals surface area contributed by atoms with Crippen LogP contribution < -0.4 is 0 Å². The normalized spacial score (nSPS) is 10.9. The van der Waals surface area contributed by atoms with Gasteiger partial charge in [-0.3, -0.25) is 0 Å². The summed E-state index contributed by atoms with van der Waals surface area (Å²) < 4.78 is 0. The summed E-state index contributed by atoms with van der Waals surface area (Å²) in [5.74, 6) is 0.748. The molecule has 0 aliphatic carbocycles. The molecule has 5 rings (SSSR count). The molecule has 0 aliphatic heterocycles. The van der Waals surface area contributed by atoms with Gasteiger partial charge in [0, 0.05) is 16.7 Å². The number of nitrogens with zero attached hydrogens (tertiary/aromatic N) is 2. The standard InChI is InChI=1S/C27H20N2/c1-19-9-7-14-22(17-19)27-28-25(21-11-3-2-4-12-21)18-26(29-27)24-16-8-13-20-10-5-6-15-23(20)24/h2-18H,1H3. The first-order chi connectivity index (χ1) is 14.3. The maximum atomic E-state index is 4.98. The van der Waals surface area contributed by atoms with E-state index in [1.54, 1.807) is 0 Å². The zero-order valence-electron chi connectivity index (χ0n) is 16.2. The molecular weight excluding hydrogens is 352 g/mol. The molecule has 0 bridgehead atoms. The fourth-order valence-corrected chi connectivity index (χ4v) is 3.70. The number of aromatic nitrogens is 2. The number of hydrogen-bond donors (Lipinski definition) is 0. The van der Waals surface area contributed by atoms with E-state index in [2.05, 4.69) is 91.9 Å². The van der Waals surface area contributed by atoms with Crippen LogP contribution in [0, 0.1) is 6.92 Å². The molecule has 5 aromatic rings. The molecule has 2 heteroatoms. The van der Waals surface area contributed by atoms with Gasteiger partial charge in [-0.1, -0.05) is 96.6 Å². The van der Waals surface area contributed by atoms with Crippen LogP contribution in [0.15, 0.2) is 103 Å². The quantitative estimate of drug-likeness (QED) is 0.343. The van der Waals surface area contributed by atoms with Crippen molar-refractivity contribution >= 4 is 10.8 Å². The summed E-state index contributed by atoms with van der Waals surface area (Å²) >= 11 is 0. The predicted octanol–water partition coefficient (Wildman–Crippen LogP) is 6.94. The van der Waals surface area contributed by atoms with Crippen LogP contribution >= 0.6 is 0 Å². The molecule has 0 fully saturated rings. The number of rotatable bonds is 3. The van der Waals surface area contributed by atoms with Crippen molar-refractivity contribution < 1.29 is 0 Å². The highest BCUT2D eigenvalue weighted by atomic mass is 14.9. The highest BCUT2D eigenvalue weighted by Gasteiger charge is 2.12. The van der Waals surface area contributed by atoms with Crippen molar-refractivity contribution in [1.82, 2.24) is 9.97 Å². The summed E-state index contributed by atoms with van der Waals surface area (Å²) in [7, 11) is 0. The number of hydrogen-bond acceptors (Lipinski definition) is 2. The summed E-state index contributed by atoms with van der Waals surface area (Å²) in [5, 5.41) is 2.41. The van der Waals surface area contributed by atoms with Crippen molar-refractivity contribution in [2.45, 2.75) is 6.92 Å². The Morgan fingerprint density at radius 1 is 0.552 bits per heavy atom. The molecule has 0 radical (unpaired) electrons. The number of benzene rings is 4. The van der Waals surface area contributed by atoms with Crippen molar-refractivity contribution in [3.63, 3.8) is 0 Å². The Kier molecular flexibility index (Phi) is 4.38. The first kappa shape index (κ1) is 17.3. The Morgan fingerprint density at radius 2 is 1.24 bits per heavy atom. The van der Waals surface area contributed by atoms with E-state index in [0.29, 0.717) is 0 Å². The third kappa shape index (κ3) is 3.41. The first-order valence-electron chi connectivity index (χ1n) is 9.78. The first-order valence-corrected chi connectivity index (χ1v) is 9.78. The van der Waals surface area contributed by atoms with Gasteiger partial charge in [0.05, 0.1) is 11.4 Å². The minimum atomic E-state index is 0.748. The molecule has 138 valence electrons. The van der Waals surface area contributed by atoms with Crippen LogP contribution in [0.25, 0.3) is 44.7 Å². The van der Waals surface area contributed by atoms with Gasteiger partial charge in [-0.05, 0) is 29.8 Å². The number of aryl methyl sites for hydroxylation is 1. The van der Waals surface area contributed by atoms with Crippen molar-refractivity contribution in [2.75, 3.05) is 0 Å². The fraction of sp³-hybridized carbons (Fsp3) is 0.0370. The topological polar surface area (TPSA) is 25.8 Å². The second-order valence-electron chi connectivity index (χ2n) is 7.22. The second kappa shape index (κ2) is 7.33. The van der Waals surface area contributed by atoms with Gasteiger partial charge < -0.3 is 0 Å². The van der Waals surface area contributed by atoms with Gasteiger partial charge in [0.1, 0.15) is 0 Å². The Labute approximate surface area is 170 Å². The maximum Gasteiger partial charge on any atom is 0.160 e. The summed E-state index contributed by atoms with van der Waals surface area (Å²) in [4.78, 5) is 9.89. The van der Waals surface area contributed by atoms with Crippen LogP contribution in [0.1, 0.15) is 5.56 Å². The van der Waals surface area contributed by atoms with E-state index in [4.69, 9.17) is 9.97 Å². The van der Waals surface area contributed by atoms with E-state index in [9.17, 15) is 0 Å². The Balaban J connectivity index is 1.78. The molecule has 0 aliphatic rings. The minimum Gasteiger partial charge on any atom is -0.228 e. The Morgan fingerprint density at radius 3 is 2.10 bits per heavy atom. The molecule has 2 nitrogen and oxygen atoms in total. The van der Waals surface area contributed by atoms with Gasteiger partial charge in [-0.15, -0.1) is 0 Å². The zero-order valence-corrected chi connectivity index (χ0v) is 16.2. The number of fused-ring (bicyclic) bond motifs is 1. The fourth-order valence-electron chi connectivity index (χ4n) is 3.70.